The van der Waals surface area contributed by atoms with Crippen molar-refractivity contribution in [1.82, 2.24) is 0 Å². The summed E-state index contributed by atoms with van der Waals surface area (Å²) in [5.74, 6) is 5.34. The van der Waals surface area contributed by atoms with Crippen LogP contribution in [0.2, 0.25) is 0 Å². The van der Waals surface area contributed by atoms with E-state index in [4.69, 9.17) is 0 Å². The number of aryl methyl sites for hydroxylation is 1. The Hall–Kier alpha value is -2.73. The third kappa shape index (κ3) is 5.36. The molecule has 1 fully saturated rings. The fraction of sp³-hybridized carbons (Fsp3) is 0.379. The molecule has 0 unspecified atom stereocenters. The van der Waals surface area contributed by atoms with Crippen LogP contribution >= 0.6 is 0 Å². The lowest BCUT2D eigenvalue weighted by Gasteiger charge is -2.26. The second kappa shape index (κ2) is 10.3. The summed E-state index contributed by atoms with van der Waals surface area (Å²) in [5.41, 5.74) is 2.74. The monoisotopic (exact) mass is 434 g/mol. The van der Waals surface area contributed by atoms with Gasteiger partial charge in [0.05, 0.1) is 0 Å². The van der Waals surface area contributed by atoms with Gasteiger partial charge in [-0.05, 0) is 96.7 Å². The van der Waals surface area contributed by atoms with Gasteiger partial charge in [-0.1, -0.05) is 49.8 Å². The van der Waals surface area contributed by atoms with Gasteiger partial charge < -0.3 is 0 Å². The zero-order chi connectivity index (χ0) is 22.5. The Morgan fingerprint density at radius 1 is 0.781 bits per heavy atom. The summed E-state index contributed by atoms with van der Waals surface area (Å²) in [6.07, 6.45) is 8.19. The molecule has 0 saturated heterocycles. The van der Waals surface area contributed by atoms with E-state index in [9.17, 15) is 13.2 Å². The number of hydrogen-bond acceptors (Lipinski definition) is 0. The predicted molar refractivity (Wildman–Crippen MR) is 125 cm³/mol. The first-order chi connectivity index (χ1) is 15.5. The largest absolute Gasteiger partial charge is 0.207 e. The van der Waals surface area contributed by atoms with Crippen molar-refractivity contribution >= 4 is 10.8 Å². The molecule has 0 heterocycles. The minimum Gasteiger partial charge on any atom is -0.207 e. The predicted octanol–water partition coefficient (Wildman–Crippen LogP) is 8.32. The lowest BCUT2D eigenvalue weighted by molar-refractivity contribution is 0.376. The molecule has 1 saturated carbocycles. The smallest absolute Gasteiger partial charge is 0.159 e. The molecule has 0 amide bonds. The highest BCUT2D eigenvalue weighted by Crippen LogP contribution is 2.37. The lowest BCUT2D eigenvalue weighted by atomic mass is 9.78. The Morgan fingerprint density at radius 3 is 2.25 bits per heavy atom. The summed E-state index contributed by atoms with van der Waals surface area (Å²) < 4.78 is 41.6. The van der Waals surface area contributed by atoms with Crippen LogP contribution < -0.4 is 0 Å². The zero-order valence-electron chi connectivity index (χ0n) is 18.6. The summed E-state index contributed by atoms with van der Waals surface area (Å²) in [5, 5.41) is 1.31. The minimum absolute atomic E-state index is 0.0617. The molecule has 0 spiro atoms. The van der Waals surface area contributed by atoms with Crippen molar-refractivity contribution in [3.63, 3.8) is 0 Å². The third-order valence-electron chi connectivity index (χ3n) is 6.60. The minimum atomic E-state index is -0.845. The van der Waals surface area contributed by atoms with Crippen molar-refractivity contribution in [2.45, 2.75) is 64.2 Å². The van der Waals surface area contributed by atoms with Crippen molar-refractivity contribution in [2.24, 2.45) is 5.92 Å². The van der Waals surface area contributed by atoms with Crippen LogP contribution in [0, 0.1) is 35.2 Å². The molecule has 3 heteroatoms. The number of fused-ring (bicyclic) bond motifs is 1. The van der Waals surface area contributed by atoms with Crippen LogP contribution in [0.5, 0.6) is 0 Å². The number of hydrogen-bond donors (Lipinski definition) is 0. The molecular formula is C29H29F3. The van der Waals surface area contributed by atoms with Crippen molar-refractivity contribution in [3.05, 3.63) is 82.7 Å². The molecule has 32 heavy (non-hydrogen) atoms. The van der Waals surface area contributed by atoms with Gasteiger partial charge in [0, 0.05) is 11.5 Å². The van der Waals surface area contributed by atoms with E-state index in [1.54, 1.807) is 18.2 Å². The van der Waals surface area contributed by atoms with Gasteiger partial charge in [-0.15, -0.1) is 0 Å². The highest BCUT2D eigenvalue weighted by Gasteiger charge is 2.23. The molecule has 0 aromatic heterocycles. The van der Waals surface area contributed by atoms with Crippen LogP contribution in [0.25, 0.3) is 10.8 Å². The van der Waals surface area contributed by atoms with E-state index in [0.717, 1.165) is 55.2 Å². The second-order valence-electron chi connectivity index (χ2n) is 8.96. The summed E-state index contributed by atoms with van der Waals surface area (Å²) in [4.78, 5) is 0. The molecule has 0 nitrogen and oxygen atoms in total. The van der Waals surface area contributed by atoms with Crippen LogP contribution in [-0.4, -0.2) is 0 Å². The fourth-order valence-electron chi connectivity index (χ4n) is 4.69. The van der Waals surface area contributed by atoms with Crippen LogP contribution in [0.3, 0.4) is 0 Å². The Kier molecular flexibility index (Phi) is 7.20. The molecule has 0 aliphatic heterocycles. The standard InChI is InChI=1S/C29H29F3/c1-2-3-4-5-21-11-15-26(27(30)17-21)23-12-8-20(9-13-23)6-7-22-10-14-24-18-28(31)29(32)19-25(24)16-22/h10-11,14-20,23H,2-5,8-9,12-13H2,1H3. The molecule has 1 aliphatic rings. The molecule has 0 radical (unpaired) electrons. The molecule has 0 N–H and O–H groups in total. The SMILES string of the molecule is CCCCCc1ccc(C2CCC(C#Cc3ccc4cc(F)c(F)cc4c3)CC2)c(F)c1. The van der Waals surface area contributed by atoms with Crippen molar-refractivity contribution in [1.29, 1.82) is 0 Å². The molecular weight excluding hydrogens is 405 g/mol. The quantitative estimate of drug-likeness (QED) is 0.280. The Morgan fingerprint density at radius 2 is 1.53 bits per heavy atom. The first kappa shape index (κ1) is 22.5. The van der Waals surface area contributed by atoms with Crippen LogP contribution in [-0.2, 0) is 6.42 Å². The van der Waals surface area contributed by atoms with E-state index in [-0.39, 0.29) is 17.7 Å². The highest BCUT2D eigenvalue weighted by atomic mass is 19.2. The molecule has 166 valence electrons. The van der Waals surface area contributed by atoms with E-state index < -0.39 is 11.6 Å². The van der Waals surface area contributed by atoms with Crippen molar-refractivity contribution in [2.75, 3.05) is 0 Å². The van der Waals surface area contributed by atoms with Crippen LogP contribution in [0.15, 0.2) is 48.5 Å². The summed E-state index contributed by atoms with van der Waals surface area (Å²) in [7, 11) is 0. The van der Waals surface area contributed by atoms with E-state index in [0.29, 0.717) is 10.8 Å². The molecule has 4 rings (SSSR count). The number of unbranched alkanes of at least 4 members (excludes halogenated alkanes) is 2. The normalized spacial score (nSPS) is 18.4. The average Bonchev–Trinajstić information content (AvgIpc) is 2.79. The molecule has 3 aromatic rings. The first-order valence-electron chi connectivity index (χ1n) is 11.7. The average molecular weight is 435 g/mol. The van der Waals surface area contributed by atoms with Gasteiger partial charge in [0.25, 0.3) is 0 Å². The molecule has 3 aromatic carbocycles. The van der Waals surface area contributed by atoms with Gasteiger partial charge >= 0.3 is 0 Å². The first-order valence-corrected chi connectivity index (χ1v) is 11.7. The molecule has 0 bridgehead atoms. The maximum absolute atomic E-state index is 14.7. The topological polar surface area (TPSA) is 0 Å². The van der Waals surface area contributed by atoms with E-state index in [1.165, 1.54) is 25.0 Å². The lowest BCUT2D eigenvalue weighted by Crippen LogP contribution is -2.13. The molecule has 0 atom stereocenters. The van der Waals surface area contributed by atoms with E-state index in [1.807, 2.05) is 12.1 Å². The summed E-state index contributed by atoms with van der Waals surface area (Å²) in [6.45, 7) is 2.18. The van der Waals surface area contributed by atoms with Gasteiger partial charge in [0.2, 0.25) is 0 Å². The Bertz CT molecular complexity index is 1140. The van der Waals surface area contributed by atoms with Crippen LogP contribution in [0.1, 0.15) is 74.5 Å². The third-order valence-corrected chi connectivity index (χ3v) is 6.60. The second-order valence-corrected chi connectivity index (χ2v) is 8.96. The van der Waals surface area contributed by atoms with Crippen molar-refractivity contribution < 1.29 is 13.2 Å². The number of halogens is 3. The fourth-order valence-corrected chi connectivity index (χ4v) is 4.69. The summed E-state index contributed by atoms with van der Waals surface area (Å²) in [6, 6.07) is 13.6. The number of benzene rings is 3. The number of rotatable bonds is 5. The highest BCUT2D eigenvalue weighted by molar-refractivity contribution is 5.84. The van der Waals surface area contributed by atoms with E-state index >= 15 is 0 Å². The maximum atomic E-state index is 14.7. The maximum Gasteiger partial charge on any atom is 0.159 e. The molecule has 1 aliphatic carbocycles. The Balaban J connectivity index is 1.37. The van der Waals surface area contributed by atoms with Crippen molar-refractivity contribution in [3.8, 4) is 11.8 Å². The Labute approximate surface area is 188 Å². The zero-order valence-corrected chi connectivity index (χ0v) is 18.6. The van der Waals surface area contributed by atoms with E-state index in [2.05, 4.69) is 24.8 Å². The van der Waals surface area contributed by atoms with Crippen LogP contribution in [0.4, 0.5) is 13.2 Å². The van der Waals surface area contributed by atoms with Gasteiger partial charge in [0.1, 0.15) is 5.82 Å². The van der Waals surface area contributed by atoms with Gasteiger partial charge in [-0.2, -0.15) is 0 Å². The summed E-state index contributed by atoms with van der Waals surface area (Å²) >= 11 is 0. The van der Waals surface area contributed by atoms with Gasteiger partial charge in [0.15, 0.2) is 11.6 Å². The van der Waals surface area contributed by atoms with Gasteiger partial charge in [-0.3, -0.25) is 0 Å². The van der Waals surface area contributed by atoms with Gasteiger partial charge in [-0.25, -0.2) is 13.2 Å².